The van der Waals surface area contributed by atoms with Crippen LogP contribution in [0.3, 0.4) is 0 Å². The van der Waals surface area contributed by atoms with E-state index >= 15 is 0 Å². The third-order valence-electron chi connectivity index (χ3n) is 4.17. The van der Waals surface area contributed by atoms with Gasteiger partial charge in [-0.05, 0) is 31.2 Å². The van der Waals surface area contributed by atoms with E-state index in [0.717, 1.165) is 5.56 Å². The van der Waals surface area contributed by atoms with Crippen LogP contribution in [0.25, 0.3) is 0 Å². The summed E-state index contributed by atoms with van der Waals surface area (Å²) in [4.78, 5) is 23.0. The molecule has 0 aliphatic carbocycles. The van der Waals surface area contributed by atoms with E-state index in [2.05, 4.69) is 10.6 Å². The maximum Gasteiger partial charge on any atom is 0.315 e. The molecule has 0 spiro atoms. The fourth-order valence-electron chi connectivity index (χ4n) is 2.97. The fourth-order valence-corrected chi connectivity index (χ4v) is 4.61. The second-order valence-electron chi connectivity index (χ2n) is 6.39. The lowest BCUT2D eigenvalue weighted by molar-refractivity contribution is -0.137. The molecular weight excluding hydrogens is 344 g/mol. The molecule has 1 aromatic carbocycles. The van der Waals surface area contributed by atoms with Gasteiger partial charge < -0.3 is 15.7 Å². The Kier molecular flexibility index (Phi) is 6.81. The first-order valence-corrected chi connectivity index (χ1v) is 10.2. The van der Waals surface area contributed by atoms with Crippen LogP contribution < -0.4 is 10.6 Å². The van der Waals surface area contributed by atoms with E-state index in [-0.39, 0.29) is 24.0 Å². The predicted octanol–water partition coefficient (Wildman–Crippen LogP) is 1.34. The normalized spacial score (nSPS) is 20.4. The molecule has 7 nitrogen and oxygen atoms in total. The van der Waals surface area contributed by atoms with E-state index in [1.807, 2.05) is 30.3 Å². The van der Waals surface area contributed by atoms with Crippen LogP contribution in [0.2, 0.25) is 0 Å². The predicted molar refractivity (Wildman–Crippen MR) is 94.1 cm³/mol. The number of benzene rings is 1. The number of carbonyl (C=O) groups is 2. The van der Waals surface area contributed by atoms with E-state index in [9.17, 15) is 18.0 Å². The van der Waals surface area contributed by atoms with E-state index < -0.39 is 27.9 Å². The van der Waals surface area contributed by atoms with Crippen molar-refractivity contribution in [2.75, 3.05) is 11.5 Å². The number of nitrogens with one attached hydrogen (secondary N) is 2. The molecule has 8 heteroatoms. The highest BCUT2D eigenvalue weighted by Gasteiger charge is 2.26. The SMILES string of the molecule is O=C(O)CCC(Cc1ccccc1)NC(=O)NC1CCCS(=O)(=O)C1. The lowest BCUT2D eigenvalue weighted by atomic mass is 10.0. The van der Waals surface area contributed by atoms with Crippen molar-refractivity contribution in [1.29, 1.82) is 0 Å². The van der Waals surface area contributed by atoms with Gasteiger partial charge in [0.1, 0.15) is 0 Å². The van der Waals surface area contributed by atoms with Gasteiger partial charge in [0.25, 0.3) is 0 Å². The summed E-state index contributed by atoms with van der Waals surface area (Å²) in [6, 6.07) is 8.32. The van der Waals surface area contributed by atoms with E-state index in [1.165, 1.54) is 0 Å². The van der Waals surface area contributed by atoms with Crippen molar-refractivity contribution in [3.05, 3.63) is 35.9 Å². The molecule has 2 atom stereocenters. The Hall–Kier alpha value is -2.09. The summed E-state index contributed by atoms with van der Waals surface area (Å²) in [5.41, 5.74) is 0.999. The lowest BCUT2D eigenvalue weighted by Gasteiger charge is -2.25. The van der Waals surface area contributed by atoms with Crippen LogP contribution in [0, 0.1) is 0 Å². The quantitative estimate of drug-likeness (QED) is 0.672. The van der Waals surface area contributed by atoms with Crippen molar-refractivity contribution >= 4 is 21.8 Å². The van der Waals surface area contributed by atoms with Crippen LogP contribution in [-0.4, -0.2) is 49.1 Å². The Morgan fingerprint density at radius 2 is 1.96 bits per heavy atom. The number of urea groups is 1. The zero-order chi connectivity index (χ0) is 18.3. The highest BCUT2D eigenvalue weighted by atomic mass is 32.2. The standard InChI is InChI=1S/C17H24N2O5S/c20-16(21)9-8-14(11-13-5-2-1-3-6-13)18-17(22)19-15-7-4-10-25(23,24)12-15/h1-3,5-6,14-15H,4,7-12H2,(H,20,21)(H2,18,19,22). The molecule has 1 saturated heterocycles. The van der Waals surface area contributed by atoms with Gasteiger partial charge in [-0.1, -0.05) is 30.3 Å². The molecule has 3 N–H and O–H groups in total. The van der Waals surface area contributed by atoms with Gasteiger partial charge in [0, 0.05) is 18.5 Å². The van der Waals surface area contributed by atoms with Crippen LogP contribution in [0.5, 0.6) is 0 Å². The molecule has 1 fully saturated rings. The molecule has 1 aliphatic rings. The zero-order valence-electron chi connectivity index (χ0n) is 14.0. The first-order valence-electron chi connectivity index (χ1n) is 8.37. The second kappa shape index (κ2) is 8.84. The molecular formula is C17H24N2O5S. The van der Waals surface area contributed by atoms with Crippen LogP contribution in [0.4, 0.5) is 4.79 Å². The zero-order valence-corrected chi connectivity index (χ0v) is 14.8. The Morgan fingerprint density at radius 3 is 2.60 bits per heavy atom. The van der Waals surface area contributed by atoms with Crippen molar-refractivity contribution in [2.45, 2.75) is 44.2 Å². The maximum absolute atomic E-state index is 12.2. The first kappa shape index (κ1) is 19.2. The van der Waals surface area contributed by atoms with Gasteiger partial charge in [-0.2, -0.15) is 0 Å². The third-order valence-corrected chi connectivity index (χ3v) is 5.99. The molecule has 0 bridgehead atoms. The number of rotatable bonds is 7. The molecule has 138 valence electrons. The summed E-state index contributed by atoms with van der Waals surface area (Å²) >= 11 is 0. The number of carbonyl (C=O) groups excluding carboxylic acids is 1. The Morgan fingerprint density at radius 1 is 1.24 bits per heavy atom. The smallest absolute Gasteiger partial charge is 0.315 e. The number of hydrogen-bond donors (Lipinski definition) is 3. The van der Waals surface area contributed by atoms with Gasteiger partial charge in [-0.3, -0.25) is 4.79 Å². The van der Waals surface area contributed by atoms with Crippen molar-refractivity contribution in [2.24, 2.45) is 0 Å². The Balaban J connectivity index is 1.92. The van der Waals surface area contributed by atoms with Crippen molar-refractivity contribution in [3.8, 4) is 0 Å². The monoisotopic (exact) mass is 368 g/mol. The van der Waals surface area contributed by atoms with Crippen molar-refractivity contribution < 1.29 is 23.1 Å². The summed E-state index contributed by atoms with van der Waals surface area (Å²) in [5, 5.41) is 14.4. The van der Waals surface area contributed by atoms with E-state index in [0.29, 0.717) is 25.7 Å². The number of amides is 2. The lowest BCUT2D eigenvalue weighted by Crippen LogP contribution is -2.50. The minimum atomic E-state index is -3.10. The van der Waals surface area contributed by atoms with Gasteiger partial charge in [0.2, 0.25) is 0 Å². The molecule has 2 rings (SSSR count). The van der Waals surface area contributed by atoms with Gasteiger partial charge >= 0.3 is 12.0 Å². The summed E-state index contributed by atoms with van der Waals surface area (Å²) in [7, 11) is -3.10. The largest absolute Gasteiger partial charge is 0.481 e. The van der Waals surface area contributed by atoms with Crippen LogP contribution in [-0.2, 0) is 21.1 Å². The second-order valence-corrected chi connectivity index (χ2v) is 8.62. The minimum Gasteiger partial charge on any atom is -0.481 e. The van der Waals surface area contributed by atoms with Crippen LogP contribution in [0.1, 0.15) is 31.2 Å². The van der Waals surface area contributed by atoms with Gasteiger partial charge in [-0.15, -0.1) is 0 Å². The van der Waals surface area contributed by atoms with Crippen molar-refractivity contribution in [3.63, 3.8) is 0 Å². The molecule has 0 aromatic heterocycles. The van der Waals surface area contributed by atoms with Gasteiger partial charge in [0.05, 0.1) is 11.5 Å². The first-order chi connectivity index (χ1) is 11.8. The highest BCUT2D eigenvalue weighted by molar-refractivity contribution is 7.91. The summed E-state index contributed by atoms with van der Waals surface area (Å²) in [6.45, 7) is 0. The summed E-state index contributed by atoms with van der Waals surface area (Å²) in [6.07, 6.45) is 1.95. The molecule has 2 amide bonds. The van der Waals surface area contributed by atoms with Crippen molar-refractivity contribution in [1.82, 2.24) is 10.6 Å². The molecule has 2 unspecified atom stereocenters. The number of hydrogen-bond acceptors (Lipinski definition) is 4. The minimum absolute atomic E-state index is 0.0428. The summed E-state index contributed by atoms with van der Waals surface area (Å²) < 4.78 is 23.3. The molecule has 1 aliphatic heterocycles. The Bertz CT molecular complexity index is 690. The topological polar surface area (TPSA) is 113 Å². The average Bonchev–Trinajstić information content (AvgIpc) is 2.52. The summed E-state index contributed by atoms with van der Waals surface area (Å²) in [5.74, 6) is -0.792. The van der Waals surface area contributed by atoms with Crippen LogP contribution >= 0.6 is 0 Å². The van der Waals surface area contributed by atoms with Crippen LogP contribution in [0.15, 0.2) is 30.3 Å². The number of carboxylic acid groups (broad SMARTS) is 1. The molecule has 1 heterocycles. The molecule has 25 heavy (non-hydrogen) atoms. The molecule has 0 radical (unpaired) electrons. The van der Waals surface area contributed by atoms with E-state index in [1.54, 1.807) is 0 Å². The number of carboxylic acids is 1. The fraction of sp³-hybridized carbons (Fsp3) is 0.529. The van der Waals surface area contributed by atoms with Gasteiger partial charge in [-0.25, -0.2) is 13.2 Å². The molecule has 1 aromatic rings. The Labute approximate surface area is 147 Å². The third kappa shape index (κ3) is 7.13. The van der Waals surface area contributed by atoms with E-state index in [4.69, 9.17) is 5.11 Å². The maximum atomic E-state index is 12.2. The highest BCUT2D eigenvalue weighted by Crippen LogP contribution is 2.12. The van der Waals surface area contributed by atoms with Gasteiger partial charge in [0.15, 0.2) is 9.84 Å². The number of sulfone groups is 1. The molecule has 0 saturated carbocycles. The number of aliphatic carboxylic acids is 1. The average molecular weight is 368 g/mol.